The van der Waals surface area contributed by atoms with Crippen molar-refractivity contribution in [3.05, 3.63) is 0 Å². The summed E-state index contributed by atoms with van der Waals surface area (Å²) in [7, 11) is 0. The Hall–Kier alpha value is -1.70. The first-order valence-electron chi connectivity index (χ1n) is 6.87. The van der Waals surface area contributed by atoms with Crippen LogP contribution in [0.2, 0.25) is 0 Å². The summed E-state index contributed by atoms with van der Waals surface area (Å²) >= 11 is 0. The van der Waals surface area contributed by atoms with Crippen molar-refractivity contribution >= 4 is 12.2 Å². The number of carbonyl (C=O) groups excluding carboxylic acids is 2. The van der Waals surface area contributed by atoms with Crippen LogP contribution in [0.15, 0.2) is 10.2 Å². The quantitative estimate of drug-likeness (QED) is 0.809. The first kappa shape index (κ1) is 17.4. The number of hydrogen-bond acceptors (Lipinski definition) is 6. The molecule has 0 spiro atoms. The number of nitrogens with one attached hydrogen (secondary N) is 1. The summed E-state index contributed by atoms with van der Waals surface area (Å²) in [5.74, 6) is 0.202. The molecule has 2 unspecified atom stereocenters. The van der Waals surface area contributed by atoms with Gasteiger partial charge in [0.05, 0.1) is 6.04 Å². The molecule has 0 aliphatic carbocycles. The van der Waals surface area contributed by atoms with E-state index in [4.69, 9.17) is 9.47 Å². The number of cyclic esters (lactones) is 1. The van der Waals surface area contributed by atoms with E-state index in [2.05, 4.69) is 15.5 Å². The molecule has 1 rings (SSSR count). The Morgan fingerprint density at radius 1 is 1.48 bits per heavy atom. The van der Waals surface area contributed by atoms with Crippen LogP contribution in [0.3, 0.4) is 0 Å². The fraction of sp³-hybridized carbons (Fsp3) is 0.846. The fourth-order valence-electron chi connectivity index (χ4n) is 1.84. The minimum atomic E-state index is -1.19. The fourth-order valence-corrected chi connectivity index (χ4v) is 1.84. The van der Waals surface area contributed by atoms with Crippen LogP contribution in [0.1, 0.15) is 41.0 Å². The van der Waals surface area contributed by atoms with Crippen molar-refractivity contribution in [1.29, 1.82) is 0 Å². The molecule has 8 nitrogen and oxygen atoms in total. The van der Waals surface area contributed by atoms with E-state index in [0.29, 0.717) is 6.42 Å². The van der Waals surface area contributed by atoms with Crippen LogP contribution in [0.25, 0.3) is 0 Å². The van der Waals surface area contributed by atoms with Crippen molar-refractivity contribution in [3.63, 3.8) is 0 Å². The van der Waals surface area contributed by atoms with E-state index in [0.717, 1.165) is 0 Å². The molecule has 1 heterocycles. The van der Waals surface area contributed by atoms with Gasteiger partial charge in [-0.3, -0.25) is 0 Å². The monoisotopic (exact) mass is 301 g/mol. The summed E-state index contributed by atoms with van der Waals surface area (Å²) in [6, 6.07) is -0.658. The number of alkyl carbamates (subject to hydrolysis) is 1. The number of nitrogens with zero attached hydrogens (tertiary/aromatic N) is 2. The Bertz CT molecular complexity index is 417. The first-order chi connectivity index (χ1) is 9.58. The van der Waals surface area contributed by atoms with Crippen molar-refractivity contribution in [2.45, 2.75) is 65.0 Å². The smallest absolute Gasteiger partial charge is 0.444 e. The molecule has 0 radical (unpaired) electrons. The maximum absolute atomic E-state index is 11.8. The van der Waals surface area contributed by atoms with Crippen LogP contribution in [0, 0.1) is 5.92 Å². The van der Waals surface area contributed by atoms with Gasteiger partial charge in [-0.25, -0.2) is 9.59 Å². The largest absolute Gasteiger partial charge is 0.454 e. The van der Waals surface area contributed by atoms with Crippen molar-refractivity contribution in [2.24, 2.45) is 16.1 Å². The Labute approximate surface area is 123 Å². The molecule has 2 amide bonds. The number of amides is 2. The van der Waals surface area contributed by atoms with Gasteiger partial charge in [-0.1, -0.05) is 19.0 Å². The molecular weight excluding hydrogens is 278 g/mol. The maximum Gasteiger partial charge on any atom is 0.454 e. The molecule has 3 atom stereocenters. The molecule has 0 fully saturated rings. The van der Waals surface area contributed by atoms with E-state index >= 15 is 0 Å². The van der Waals surface area contributed by atoms with Crippen LogP contribution in [-0.2, 0) is 9.47 Å². The zero-order chi connectivity index (χ0) is 16.2. The molecule has 21 heavy (non-hydrogen) atoms. The molecule has 0 aromatic rings. The van der Waals surface area contributed by atoms with Crippen LogP contribution < -0.4 is 5.32 Å². The van der Waals surface area contributed by atoms with Crippen LogP contribution in [0.4, 0.5) is 9.59 Å². The van der Waals surface area contributed by atoms with Gasteiger partial charge in [0.25, 0.3) is 0 Å². The molecular formula is C13H23N3O5. The third-order valence-corrected chi connectivity index (χ3v) is 2.61. The number of carbonyl (C=O) groups is 2. The predicted octanol–water partition coefficient (Wildman–Crippen LogP) is 2.22. The normalized spacial score (nSPS) is 21.1. The molecule has 0 saturated carbocycles. The topological polar surface area (TPSA) is 110 Å². The molecule has 0 aromatic heterocycles. The van der Waals surface area contributed by atoms with Gasteiger partial charge >= 0.3 is 12.2 Å². The van der Waals surface area contributed by atoms with E-state index in [9.17, 15) is 14.7 Å². The molecule has 0 saturated heterocycles. The lowest BCUT2D eigenvalue weighted by Gasteiger charge is -2.28. The summed E-state index contributed by atoms with van der Waals surface area (Å²) in [4.78, 5) is 22.7. The number of hydrogen-bond donors (Lipinski definition) is 2. The molecule has 1 aliphatic rings. The second kappa shape index (κ2) is 6.84. The molecule has 0 bridgehead atoms. The number of azo groups is 1. The van der Waals surface area contributed by atoms with E-state index < -0.39 is 36.2 Å². The Morgan fingerprint density at radius 3 is 2.52 bits per heavy atom. The first-order valence-corrected chi connectivity index (χ1v) is 6.87. The highest BCUT2D eigenvalue weighted by molar-refractivity contribution is 5.69. The third kappa shape index (κ3) is 6.07. The standard InChI is InChI=1S/C13H23N3O5/c1-7(2)6-8(14-11(18)21-13(3,4)5)9(17)10-15-16-12(19)20-10/h7-10,17H,6H2,1-5H3,(H,14,18)/t8-,9?,10?/m0/s1. The van der Waals surface area contributed by atoms with E-state index in [1.807, 2.05) is 13.8 Å². The zero-order valence-electron chi connectivity index (χ0n) is 13.0. The van der Waals surface area contributed by atoms with Gasteiger partial charge < -0.3 is 19.9 Å². The lowest BCUT2D eigenvalue weighted by molar-refractivity contribution is -0.00688. The van der Waals surface area contributed by atoms with Crippen LogP contribution in [0.5, 0.6) is 0 Å². The third-order valence-electron chi connectivity index (χ3n) is 2.61. The Kier molecular flexibility index (Phi) is 5.65. The van der Waals surface area contributed by atoms with Gasteiger partial charge in [0.2, 0.25) is 6.23 Å². The number of aliphatic hydroxyl groups excluding tert-OH is 1. The molecule has 120 valence electrons. The molecule has 2 N–H and O–H groups in total. The van der Waals surface area contributed by atoms with Crippen LogP contribution in [-0.4, -0.2) is 41.3 Å². The SMILES string of the molecule is CC(C)C[C@H](NC(=O)OC(C)(C)C)C(O)C1N=NC(=O)O1. The lowest BCUT2D eigenvalue weighted by Crippen LogP contribution is -2.50. The van der Waals surface area contributed by atoms with E-state index in [1.165, 1.54) is 0 Å². The highest BCUT2D eigenvalue weighted by Gasteiger charge is 2.36. The predicted molar refractivity (Wildman–Crippen MR) is 73.7 cm³/mol. The Morgan fingerprint density at radius 2 is 2.10 bits per heavy atom. The molecule has 0 aromatic carbocycles. The molecule has 8 heteroatoms. The van der Waals surface area contributed by atoms with Gasteiger partial charge in [0, 0.05) is 0 Å². The van der Waals surface area contributed by atoms with Crippen molar-refractivity contribution in [2.75, 3.05) is 0 Å². The summed E-state index contributed by atoms with van der Waals surface area (Å²) in [5.41, 5.74) is -0.642. The second-order valence-corrected chi connectivity index (χ2v) is 6.36. The van der Waals surface area contributed by atoms with Crippen molar-refractivity contribution in [1.82, 2.24) is 5.32 Å². The van der Waals surface area contributed by atoms with Crippen molar-refractivity contribution < 1.29 is 24.2 Å². The summed E-state index contributed by atoms with van der Waals surface area (Å²) in [5, 5.41) is 19.6. The van der Waals surface area contributed by atoms with Crippen LogP contribution >= 0.6 is 0 Å². The zero-order valence-corrected chi connectivity index (χ0v) is 13.0. The lowest BCUT2D eigenvalue weighted by atomic mass is 9.98. The van der Waals surface area contributed by atoms with E-state index in [-0.39, 0.29) is 5.92 Å². The average molecular weight is 301 g/mol. The van der Waals surface area contributed by atoms with Gasteiger partial charge in [-0.2, -0.15) is 0 Å². The van der Waals surface area contributed by atoms with Gasteiger partial charge in [0.15, 0.2) is 0 Å². The maximum atomic E-state index is 11.8. The molecule has 1 aliphatic heterocycles. The van der Waals surface area contributed by atoms with Gasteiger partial charge in [0.1, 0.15) is 11.7 Å². The van der Waals surface area contributed by atoms with Gasteiger partial charge in [-0.05, 0) is 33.1 Å². The average Bonchev–Trinajstić information content (AvgIpc) is 2.70. The summed E-state index contributed by atoms with van der Waals surface area (Å²) in [6.45, 7) is 9.12. The van der Waals surface area contributed by atoms with Gasteiger partial charge in [-0.15, -0.1) is 5.11 Å². The number of rotatable bonds is 5. The van der Waals surface area contributed by atoms with Crippen molar-refractivity contribution in [3.8, 4) is 0 Å². The minimum Gasteiger partial charge on any atom is -0.444 e. The number of ether oxygens (including phenoxy) is 2. The van der Waals surface area contributed by atoms with E-state index in [1.54, 1.807) is 20.8 Å². The minimum absolute atomic E-state index is 0.202. The summed E-state index contributed by atoms with van der Waals surface area (Å²) in [6.07, 6.45) is -3.30. The highest BCUT2D eigenvalue weighted by Crippen LogP contribution is 2.18. The Balaban J connectivity index is 2.69. The second-order valence-electron chi connectivity index (χ2n) is 6.36. The number of aliphatic hydroxyl groups is 1. The highest BCUT2D eigenvalue weighted by atomic mass is 16.6. The summed E-state index contributed by atoms with van der Waals surface area (Å²) < 4.78 is 9.91.